The predicted octanol–water partition coefficient (Wildman–Crippen LogP) is 4.28. The lowest BCUT2D eigenvalue weighted by atomic mass is 9.75. The number of aromatic nitrogens is 1. The minimum absolute atomic E-state index is 0.353. The van der Waals surface area contributed by atoms with Crippen molar-refractivity contribution < 1.29 is 4.79 Å². The molecule has 21 heavy (non-hydrogen) atoms. The van der Waals surface area contributed by atoms with Crippen LogP contribution in [0.15, 0.2) is 12.3 Å². The van der Waals surface area contributed by atoms with Gasteiger partial charge >= 0.3 is 0 Å². The highest BCUT2D eigenvalue weighted by Gasteiger charge is 2.28. The monoisotopic (exact) mass is 286 g/mol. The van der Waals surface area contributed by atoms with E-state index in [1.807, 2.05) is 0 Å². The van der Waals surface area contributed by atoms with Gasteiger partial charge in [0.05, 0.1) is 0 Å². The van der Waals surface area contributed by atoms with E-state index in [1.165, 1.54) is 75.3 Å². The maximum absolute atomic E-state index is 11.9. The van der Waals surface area contributed by atoms with Crippen molar-refractivity contribution in [1.29, 1.82) is 0 Å². The van der Waals surface area contributed by atoms with Crippen LogP contribution >= 0.6 is 0 Å². The molecule has 0 aliphatic heterocycles. The first-order chi connectivity index (χ1) is 10.3. The van der Waals surface area contributed by atoms with Crippen molar-refractivity contribution in [3.63, 3.8) is 0 Å². The number of primary amides is 1. The van der Waals surface area contributed by atoms with Crippen LogP contribution in [0, 0.1) is 0 Å². The molecule has 0 bridgehead atoms. The zero-order valence-electron chi connectivity index (χ0n) is 12.8. The van der Waals surface area contributed by atoms with E-state index in [-0.39, 0.29) is 5.91 Å². The Hall–Kier alpha value is -1.38. The molecule has 1 aromatic heterocycles. The lowest BCUT2D eigenvalue weighted by molar-refractivity contribution is 0.0993. The molecular weight excluding hydrogens is 260 g/mol. The molecule has 1 aromatic rings. The van der Waals surface area contributed by atoms with E-state index in [2.05, 4.69) is 11.1 Å². The fraction of sp³-hybridized carbons (Fsp3) is 0.667. The quantitative estimate of drug-likeness (QED) is 0.901. The summed E-state index contributed by atoms with van der Waals surface area (Å²) < 4.78 is 0. The van der Waals surface area contributed by atoms with Gasteiger partial charge in [-0.15, -0.1) is 0 Å². The van der Waals surface area contributed by atoms with Gasteiger partial charge < -0.3 is 5.73 Å². The summed E-state index contributed by atoms with van der Waals surface area (Å²) in [6.45, 7) is 0. The Morgan fingerprint density at radius 3 is 2.10 bits per heavy atom. The third-order valence-corrected chi connectivity index (χ3v) is 5.32. The minimum Gasteiger partial charge on any atom is -0.364 e. The SMILES string of the molecule is NC(=O)c1nccc(C2CCCCC2)c1C1CCCCC1. The molecule has 1 heterocycles. The van der Waals surface area contributed by atoms with Crippen molar-refractivity contribution in [2.75, 3.05) is 0 Å². The van der Waals surface area contributed by atoms with Crippen LogP contribution in [0.1, 0.15) is 97.7 Å². The normalized spacial score (nSPS) is 21.3. The Balaban J connectivity index is 2.00. The first kappa shape index (κ1) is 14.6. The van der Waals surface area contributed by atoms with Gasteiger partial charge in [-0.25, -0.2) is 0 Å². The fourth-order valence-corrected chi connectivity index (χ4v) is 4.27. The maximum atomic E-state index is 11.9. The molecule has 1 amide bonds. The largest absolute Gasteiger partial charge is 0.364 e. The molecular formula is C18H26N2O. The van der Waals surface area contributed by atoms with Gasteiger partial charge in [0.1, 0.15) is 5.69 Å². The predicted molar refractivity (Wildman–Crippen MR) is 84.4 cm³/mol. The summed E-state index contributed by atoms with van der Waals surface area (Å²) >= 11 is 0. The van der Waals surface area contributed by atoms with Crippen molar-refractivity contribution in [3.8, 4) is 0 Å². The summed E-state index contributed by atoms with van der Waals surface area (Å²) in [4.78, 5) is 16.2. The van der Waals surface area contributed by atoms with E-state index in [9.17, 15) is 4.79 Å². The van der Waals surface area contributed by atoms with Crippen molar-refractivity contribution in [3.05, 3.63) is 29.1 Å². The third kappa shape index (κ3) is 3.12. The number of pyridine rings is 1. The van der Waals surface area contributed by atoms with E-state index in [0.717, 1.165) is 0 Å². The summed E-state index contributed by atoms with van der Waals surface area (Å²) in [5, 5.41) is 0. The molecule has 3 heteroatoms. The van der Waals surface area contributed by atoms with Crippen LogP contribution in [-0.4, -0.2) is 10.9 Å². The summed E-state index contributed by atoms with van der Waals surface area (Å²) in [5.41, 5.74) is 8.75. The number of hydrogen-bond acceptors (Lipinski definition) is 2. The summed E-state index contributed by atoms with van der Waals surface area (Å²) in [5.74, 6) is 0.747. The van der Waals surface area contributed by atoms with Gasteiger partial charge in [0.25, 0.3) is 5.91 Å². The molecule has 2 saturated carbocycles. The number of carbonyl (C=O) groups is 1. The molecule has 3 rings (SSSR count). The van der Waals surface area contributed by atoms with Gasteiger partial charge in [-0.3, -0.25) is 9.78 Å². The Labute approximate surface area is 127 Å². The van der Waals surface area contributed by atoms with Gasteiger partial charge in [0.15, 0.2) is 0 Å². The summed E-state index contributed by atoms with van der Waals surface area (Å²) in [6.07, 6.45) is 14.5. The number of nitrogens with zero attached hydrogens (tertiary/aromatic N) is 1. The minimum atomic E-state index is -0.353. The van der Waals surface area contributed by atoms with Crippen molar-refractivity contribution in [1.82, 2.24) is 4.98 Å². The standard InChI is InChI=1S/C18H26N2O/c19-18(21)17-16(14-9-5-2-6-10-14)15(11-12-20-17)13-7-3-1-4-8-13/h11-14H,1-10H2,(H2,19,21). The van der Waals surface area contributed by atoms with Gasteiger partial charge in [-0.1, -0.05) is 38.5 Å². The topological polar surface area (TPSA) is 56.0 Å². The molecule has 0 aromatic carbocycles. The number of amides is 1. The van der Waals surface area contributed by atoms with Crippen LogP contribution in [0.2, 0.25) is 0 Å². The molecule has 0 unspecified atom stereocenters. The Morgan fingerprint density at radius 2 is 1.52 bits per heavy atom. The van der Waals surface area contributed by atoms with E-state index < -0.39 is 0 Å². The van der Waals surface area contributed by atoms with Gasteiger partial charge in [-0.2, -0.15) is 0 Å². The number of hydrogen-bond donors (Lipinski definition) is 1. The second-order valence-corrected chi connectivity index (χ2v) is 6.70. The highest BCUT2D eigenvalue weighted by atomic mass is 16.1. The molecule has 2 aliphatic carbocycles. The summed E-state index contributed by atoms with van der Waals surface area (Å²) in [7, 11) is 0. The van der Waals surface area contributed by atoms with Crippen LogP contribution < -0.4 is 5.73 Å². The Morgan fingerprint density at radius 1 is 0.952 bits per heavy atom. The molecule has 0 saturated heterocycles. The van der Waals surface area contributed by atoms with Crippen molar-refractivity contribution >= 4 is 5.91 Å². The lowest BCUT2D eigenvalue weighted by Crippen LogP contribution is -2.22. The molecule has 2 N–H and O–H groups in total. The maximum Gasteiger partial charge on any atom is 0.267 e. The molecule has 0 atom stereocenters. The van der Waals surface area contributed by atoms with Crippen molar-refractivity contribution in [2.24, 2.45) is 5.73 Å². The van der Waals surface area contributed by atoms with Crippen LogP contribution in [-0.2, 0) is 0 Å². The van der Waals surface area contributed by atoms with Crippen LogP contribution in [0.25, 0.3) is 0 Å². The lowest BCUT2D eigenvalue weighted by Gasteiger charge is -2.30. The molecule has 3 nitrogen and oxygen atoms in total. The summed E-state index contributed by atoms with van der Waals surface area (Å²) in [6, 6.07) is 2.16. The average molecular weight is 286 g/mol. The third-order valence-electron chi connectivity index (χ3n) is 5.32. The Bertz CT molecular complexity index is 500. The molecule has 114 valence electrons. The highest BCUT2D eigenvalue weighted by Crippen LogP contribution is 2.41. The first-order valence-electron chi connectivity index (χ1n) is 8.56. The number of carbonyl (C=O) groups excluding carboxylic acids is 1. The number of nitrogens with two attached hydrogens (primary N) is 1. The zero-order chi connectivity index (χ0) is 14.7. The smallest absolute Gasteiger partial charge is 0.267 e. The highest BCUT2D eigenvalue weighted by molar-refractivity contribution is 5.92. The van der Waals surface area contributed by atoms with Crippen molar-refractivity contribution in [2.45, 2.75) is 76.0 Å². The molecule has 2 aliphatic rings. The van der Waals surface area contributed by atoms with Gasteiger partial charge in [-0.05, 0) is 54.7 Å². The first-order valence-corrected chi connectivity index (χ1v) is 8.56. The van der Waals surface area contributed by atoms with E-state index in [1.54, 1.807) is 6.20 Å². The fourth-order valence-electron chi connectivity index (χ4n) is 4.27. The van der Waals surface area contributed by atoms with E-state index in [4.69, 9.17) is 5.73 Å². The van der Waals surface area contributed by atoms with E-state index >= 15 is 0 Å². The van der Waals surface area contributed by atoms with Gasteiger partial charge in [0.2, 0.25) is 0 Å². The molecule has 0 spiro atoms. The van der Waals surface area contributed by atoms with Crippen LogP contribution in [0.5, 0.6) is 0 Å². The number of rotatable bonds is 3. The average Bonchev–Trinajstić information content (AvgIpc) is 2.55. The molecule has 2 fully saturated rings. The van der Waals surface area contributed by atoms with E-state index in [0.29, 0.717) is 17.5 Å². The molecule has 0 radical (unpaired) electrons. The van der Waals surface area contributed by atoms with Gasteiger partial charge in [0, 0.05) is 6.20 Å². The second-order valence-electron chi connectivity index (χ2n) is 6.70. The van der Waals surface area contributed by atoms with Crippen LogP contribution in [0.4, 0.5) is 0 Å². The van der Waals surface area contributed by atoms with Crippen LogP contribution in [0.3, 0.4) is 0 Å². The Kier molecular flexibility index (Phi) is 4.57. The second kappa shape index (κ2) is 6.59. The zero-order valence-corrected chi connectivity index (χ0v) is 12.8.